The number of carbonyl (C=O) groups is 2. The number of rotatable bonds is 7. The average Bonchev–Trinajstić information content (AvgIpc) is 2.63. The minimum absolute atomic E-state index is 0.130. The molecule has 2 N–H and O–H groups in total. The second-order valence-corrected chi connectivity index (χ2v) is 7.77. The molecule has 0 aromatic heterocycles. The van der Waals surface area contributed by atoms with Crippen LogP contribution in [0.3, 0.4) is 0 Å². The monoisotopic (exact) mass is 389 g/mol. The van der Waals surface area contributed by atoms with Crippen molar-refractivity contribution in [1.82, 2.24) is 4.31 Å². The molecule has 27 heavy (non-hydrogen) atoms. The zero-order valence-corrected chi connectivity index (χ0v) is 16.3. The van der Waals surface area contributed by atoms with Crippen molar-refractivity contribution in [2.45, 2.75) is 25.7 Å². The normalized spacial score (nSPS) is 11.3. The molecule has 0 saturated carbocycles. The highest BCUT2D eigenvalue weighted by Crippen LogP contribution is 2.20. The van der Waals surface area contributed by atoms with Gasteiger partial charge < -0.3 is 10.6 Å². The first-order chi connectivity index (χ1) is 12.8. The first-order valence-electron chi connectivity index (χ1n) is 8.57. The number of anilines is 2. The van der Waals surface area contributed by atoms with Gasteiger partial charge in [0.25, 0.3) is 5.91 Å². The molecule has 0 aliphatic rings. The molecule has 0 bridgehead atoms. The van der Waals surface area contributed by atoms with Crippen molar-refractivity contribution in [3.05, 3.63) is 54.1 Å². The lowest BCUT2D eigenvalue weighted by atomic mass is 10.2. The summed E-state index contributed by atoms with van der Waals surface area (Å²) in [6.45, 7) is 5.70. The second kappa shape index (κ2) is 8.79. The van der Waals surface area contributed by atoms with E-state index in [4.69, 9.17) is 0 Å². The van der Waals surface area contributed by atoms with Crippen LogP contribution in [0.25, 0.3) is 0 Å². The van der Waals surface area contributed by atoms with Crippen LogP contribution in [-0.4, -0.2) is 37.6 Å². The van der Waals surface area contributed by atoms with E-state index in [0.717, 1.165) is 0 Å². The molecule has 8 heteroatoms. The van der Waals surface area contributed by atoms with E-state index >= 15 is 0 Å². The summed E-state index contributed by atoms with van der Waals surface area (Å²) in [5, 5.41) is 5.32. The Morgan fingerprint density at radius 1 is 0.926 bits per heavy atom. The van der Waals surface area contributed by atoms with E-state index in [1.54, 1.807) is 50.2 Å². The van der Waals surface area contributed by atoms with Crippen LogP contribution in [-0.2, 0) is 14.8 Å². The minimum atomic E-state index is -3.60. The molecule has 0 heterocycles. The fourth-order valence-corrected chi connectivity index (χ4v) is 4.06. The summed E-state index contributed by atoms with van der Waals surface area (Å²) in [4.78, 5) is 23.6. The van der Waals surface area contributed by atoms with Crippen LogP contribution in [0.5, 0.6) is 0 Å². The van der Waals surface area contributed by atoms with E-state index in [1.807, 2.05) is 0 Å². The Balaban J connectivity index is 2.18. The van der Waals surface area contributed by atoms with Crippen LogP contribution in [0.1, 0.15) is 31.1 Å². The van der Waals surface area contributed by atoms with Crippen molar-refractivity contribution in [3.63, 3.8) is 0 Å². The lowest BCUT2D eigenvalue weighted by Gasteiger charge is -2.18. The summed E-state index contributed by atoms with van der Waals surface area (Å²) < 4.78 is 26.6. The van der Waals surface area contributed by atoms with Crippen LogP contribution >= 0.6 is 0 Å². The number of benzene rings is 2. The van der Waals surface area contributed by atoms with Gasteiger partial charge in [-0.2, -0.15) is 4.31 Å². The molecular formula is C19H23N3O4S. The number of sulfonamides is 1. The van der Waals surface area contributed by atoms with Crippen LogP contribution < -0.4 is 10.6 Å². The van der Waals surface area contributed by atoms with Gasteiger partial charge in [0, 0.05) is 37.0 Å². The maximum atomic E-state index is 12.6. The SMILES string of the molecule is CCN(CC)S(=O)(=O)c1cccc(NC(=O)c2ccc(NC(C)=O)cc2)c1. The molecule has 2 rings (SSSR count). The highest BCUT2D eigenvalue weighted by molar-refractivity contribution is 7.89. The third-order valence-electron chi connectivity index (χ3n) is 3.90. The number of amides is 2. The Kier molecular flexibility index (Phi) is 6.70. The van der Waals surface area contributed by atoms with E-state index in [-0.39, 0.29) is 16.7 Å². The lowest BCUT2D eigenvalue weighted by Crippen LogP contribution is -2.30. The highest BCUT2D eigenvalue weighted by Gasteiger charge is 2.21. The fourth-order valence-electron chi connectivity index (χ4n) is 2.56. The van der Waals surface area contributed by atoms with E-state index in [1.165, 1.54) is 23.4 Å². The third-order valence-corrected chi connectivity index (χ3v) is 5.95. The topological polar surface area (TPSA) is 95.6 Å². The number of nitrogens with zero attached hydrogens (tertiary/aromatic N) is 1. The molecule has 0 fully saturated rings. The van der Waals surface area contributed by atoms with Crippen LogP contribution in [0, 0.1) is 0 Å². The average molecular weight is 389 g/mol. The van der Waals surface area contributed by atoms with Crippen LogP contribution in [0.4, 0.5) is 11.4 Å². The second-order valence-electron chi connectivity index (χ2n) is 5.83. The van der Waals surface area contributed by atoms with Gasteiger partial charge in [-0.3, -0.25) is 9.59 Å². The predicted octanol–water partition coefficient (Wildman–Crippen LogP) is 2.93. The Labute approximate surface area is 159 Å². The van der Waals surface area contributed by atoms with Crippen molar-refractivity contribution in [2.24, 2.45) is 0 Å². The fraction of sp³-hybridized carbons (Fsp3) is 0.263. The molecule has 144 valence electrons. The van der Waals surface area contributed by atoms with Gasteiger partial charge in [-0.05, 0) is 42.5 Å². The molecule has 0 aliphatic carbocycles. The van der Waals surface area contributed by atoms with Crippen molar-refractivity contribution in [1.29, 1.82) is 0 Å². The molecule has 0 spiro atoms. The van der Waals surface area contributed by atoms with Gasteiger partial charge in [-0.1, -0.05) is 19.9 Å². The van der Waals surface area contributed by atoms with Crippen LogP contribution in [0.15, 0.2) is 53.4 Å². The molecule has 0 aliphatic heterocycles. The number of hydrogen-bond acceptors (Lipinski definition) is 4. The summed E-state index contributed by atoms with van der Waals surface area (Å²) in [5.74, 6) is -0.569. The van der Waals surface area contributed by atoms with Gasteiger partial charge in [0.15, 0.2) is 0 Å². The van der Waals surface area contributed by atoms with E-state index in [9.17, 15) is 18.0 Å². The maximum Gasteiger partial charge on any atom is 0.255 e. The molecule has 0 atom stereocenters. The Bertz CT molecular complexity index is 920. The largest absolute Gasteiger partial charge is 0.326 e. The molecule has 0 unspecified atom stereocenters. The lowest BCUT2D eigenvalue weighted by molar-refractivity contribution is -0.114. The summed E-state index contributed by atoms with van der Waals surface area (Å²) in [7, 11) is -3.60. The third kappa shape index (κ3) is 5.15. The summed E-state index contributed by atoms with van der Waals surface area (Å²) in [6.07, 6.45) is 0. The standard InChI is InChI=1S/C19H23N3O4S/c1-4-22(5-2)27(25,26)18-8-6-7-17(13-18)21-19(24)15-9-11-16(12-10-15)20-14(3)23/h6-13H,4-5H2,1-3H3,(H,20,23)(H,21,24). The zero-order chi connectivity index (χ0) is 20.0. The summed E-state index contributed by atoms with van der Waals surface area (Å²) in [5.41, 5.74) is 1.37. The number of carbonyl (C=O) groups excluding carboxylic acids is 2. The van der Waals surface area contributed by atoms with Gasteiger partial charge in [0.1, 0.15) is 0 Å². The summed E-state index contributed by atoms with van der Waals surface area (Å²) in [6, 6.07) is 12.6. The first kappa shape index (κ1) is 20.6. The smallest absolute Gasteiger partial charge is 0.255 e. The molecule has 0 radical (unpaired) electrons. The van der Waals surface area contributed by atoms with E-state index in [0.29, 0.717) is 30.0 Å². The number of nitrogens with one attached hydrogen (secondary N) is 2. The quantitative estimate of drug-likeness (QED) is 0.761. The van der Waals surface area contributed by atoms with E-state index in [2.05, 4.69) is 10.6 Å². The highest BCUT2D eigenvalue weighted by atomic mass is 32.2. The summed E-state index contributed by atoms with van der Waals surface area (Å²) >= 11 is 0. The van der Waals surface area contributed by atoms with Crippen molar-refractivity contribution >= 4 is 33.2 Å². The minimum Gasteiger partial charge on any atom is -0.326 e. The molecule has 2 aromatic carbocycles. The van der Waals surface area contributed by atoms with Crippen molar-refractivity contribution in [3.8, 4) is 0 Å². The maximum absolute atomic E-state index is 12.6. The Morgan fingerprint density at radius 3 is 2.11 bits per heavy atom. The first-order valence-corrected chi connectivity index (χ1v) is 10.0. The van der Waals surface area contributed by atoms with Crippen molar-refractivity contribution < 1.29 is 18.0 Å². The molecule has 7 nitrogen and oxygen atoms in total. The van der Waals surface area contributed by atoms with Crippen molar-refractivity contribution in [2.75, 3.05) is 23.7 Å². The molecule has 0 saturated heterocycles. The van der Waals surface area contributed by atoms with Gasteiger partial charge in [-0.25, -0.2) is 8.42 Å². The molecule has 2 amide bonds. The molecule has 2 aromatic rings. The predicted molar refractivity (Wildman–Crippen MR) is 105 cm³/mol. The zero-order valence-electron chi connectivity index (χ0n) is 15.5. The van der Waals surface area contributed by atoms with Gasteiger partial charge in [-0.15, -0.1) is 0 Å². The van der Waals surface area contributed by atoms with Gasteiger partial charge in [0.2, 0.25) is 15.9 Å². The van der Waals surface area contributed by atoms with Gasteiger partial charge in [0.05, 0.1) is 4.90 Å². The molecular weight excluding hydrogens is 366 g/mol. The Morgan fingerprint density at radius 2 is 1.56 bits per heavy atom. The van der Waals surface area contributed by atoms with Gasteiger partial charge >= 0.3 is 0 Å². The van der Waals surface area contributed by atoms with E-state index < -0.39 is 10.0 Å². The van der Waals surface area contributed by atoms with Crippen LogP contribution in [0.2, 0.25) is 0 Å². The Hall–Kier alpha value is -2.71. The number of hydrogen-bond donors (Lipinski definition) is 2.